The highest BCUT2D eigenvalue weighted by molar-refractivity contribution is 6.02. The molecule has 3 aromatic rings. The molecular weight excluding hydrogens is 324 g/mol. The number of benzene rings is 2. The van der Waals surface area contributed by atoms with Crippen molar-refractivity contribution < 1.29 is 10.0 Å². The Morgan fingerprint density at radius 3 is 2.76 bits per heavy atom. The molecule has 0 amide bonds. The van der Waals surface area contributed by atoms with Gasteiger partial charge in [-0.25, -0.2) is 0 Å². The first-order chi connectivity index (χ1) is 12.0. The molecule has 1 unspecified atom stereocenters. The van der Waals surface area contributed by atoms with Gasteiger partial charge in [-0.15, -0.1) is 0 Å². The average Bonchev–Trinajstić information content (AvgIpc) is 2.91. The Bertz CT molecular complexity index is 1130. The van der Waals surface area contributed by atoms with Crippen LogP contribution in [0.15, 0.2) is 52.3 Å². The molecule has 0 aliphatic carbocycles. The molecule has 2 aromatic carbocycles. The Morgan fingerprint density at radius 1 is 1.24 bits per heavy atom. The zero-order valence-electron chi connectivity index (χ0n) is 12.8. The van der Waals surface area contributed by atoms with Gasteiger partial charge in [0.05, 0.1) is 16.0 Å². The maximum Gasteiger partial charge on any atom is 0.270 e. The molecule has 8 heteroatoms. The van der Waals surface area contributed by atoms with Crippen LogP contribution in [0.5, 0.6) is 5.75 Å². The van der Waals surface area contributed by atoms with Gasteiger partial charge in [-0.2, -0.15) is 0 Å². The number of nitrogens with zero attached hydrogens (tertiary/aromatic N) is 2. The standard InChI is InChI=1S/C17H12N4O4/c18-16-11-7-8(21(24)25)5-6-9(11)14(20-16)13-15(22)10-3-1-2-4-12(10)19-17(13)23/h1-7,14H,(H2,18,20)(H2,19,22,23). The van der Waals surface area contributed by atoms with Gasteiger partial charge >= 0.3 is 0 Å². The van der Waals surface area contributed by atoms with E-state index in [0.29, 0.717) is 22.0 Å². The predicted octanol–water partition coefficient (Wildman–Crippen LogP) is 1.95. The minimum Gasteiger partial charge on any atom is -0.507 e. The van der Waals surface area contributed by atoms with Crippen molar-refractivity contribution >= 4 is 22.4 Å². The molecule has 4 rings (SSSR count). The number of nitro benzene ring substituents is 1. The third-order valence-electron chi connectivity index (χ3n) is 4.29. The zero-order valence-corrected chi connectivity index (χ0v) is 12.8. The average molecular weight is 336 g/mol. The Labute approximate surface area is 140 Å². The zero-order chi connectivity index (χ0) is 17.7. The molecule has 25 heavy (non-hydrogen) atoms. The summed E-state index contributed by atoms with van der Waals surface area (Å²) in [6.45, 7) is 0. The van der Waals surface area contributed by atoms with Crippen LogP contribution in [0.25, 0.3) is 10.9 Å². The fourth-order valence-electron chi connectivity index (χ4n) is 3.11. The fourth-order valence-corrected chi connectivity index (χ4v) is 3.11. The van der Waals surface area contributed by atoms with Gasteiger partial charge in [-0.05, 0) is 23.8 Å². The first kappa shape index (κ1) is 14.9. The highest BCUT2D eigenvalue weighted by atomic mass is 16.6. The molecule has 0 spiro atoms. The van der Waals surface area contributed by atoms with Crippen molar-refractivity contribution in [1.82, 2.24) is 4.98 Å². The van der Waals surface area contributed by atoms with E-state index in [9.17, 15) is 20.0 Å². The van der Waals surface area contributed by atoms with E-state index in [1.54, 1.807) is 24.3 Å². The molecule has 8 nitrogen and oxygen atoms in total. The van der Waals surface area contributed by atoms with Crippen LogP contribution in [0.1, 0.15) is 22.7 Å². The van der Waals surface area contributed by atoms with Crippen LogP contribution in [0.2, 0.25) is 0 Å². The van der Waals surface area contributed by atoms with E-state index < -0.39 is 16.5 Å². The predicted molar refractivity (Wildman–Crippen MR) is 91.9 cm³/mol. The smallest absolute Gasteiger partial charge is 0.270 e. The van der Waals surface area contributed by atoms with Crippen molar-refractivity contribution in [2.45, 2.75) is 6.04 Å². The number of nitrogens with one attached hydrogen (secondary N) is 1. The van der Waals surface area contributed by atoms with Crippen molar-refractivity contribution in [3.63, 3.8) is 0 Å². The van der Waals surface area contributed by atoms with Crippen molar-refractivity contribution in [1.29, 1.82) is 0 Å². The number of aliphatic imine (C=N–C) groups is 1. The van der Waals surface area contributed by atoms with Gasteiger partial charge in [0.1, 0.15) is 17.6 Å². The summed E-state index contributed by atoms with van der Waals surface area (Å²) in [4.78, 5) is 29.9. The number of rotatable bonds is 2. The van der Waals surface area contributed by atoms with Crippen molar-refractivity contribution in [2.75, 3.05) is 0 Å². The molecule has 0 fully saturated rings. The van der Waals surface area contributed by atoms with E-state index >= 15 is 0 Å². The third-order valence-corrected chi connectivity index (χ3v) is 4.29. The van der Waals surface area contributed by atoms with Gasteiger partial charge in [0, 0.05) is 23.1 Å². The first-order valence-corrected chi connectivity index (χ1v) is 7.43. The normalized spacial score (nSPS) is 15.8. The third kappa shape index (κ3) is 2.15. The quantitative estimate of drug-likeness (QED) is 0.485. The second-order valence-electron chi connectivity index (χ2n) is 5.71. The SMILES string of the molecule is NC1=NC(c2c(O)c3ccccc3[nH]c2=O)c2ccc([N+](=O)[O-])cc21. The maximum absolute atomic E-state index is 12.5. The molecule has 0 saturated carbocycles. The van der Waals surface area contributed by atoms with Gasteiger partial charge in [-0.1, -0.05) is 12.1 Å². The van der Waals surface area contributed by atoms with E-state index in [1.165, 1.54) is 18.2 Å². The lowest BCUT2D eigenvalue weighted by molar-refractivity contribution is -0.384. The number of nitro groups is 1. The van der Waals surface area contributed by atoms with Gasteiger partial charge in [-0.3, -0.25) is 19.9 Å². The van der Waals surface area contributed by atoms with Crippen LogP contribution < -0.4 is 11.3 Å². The van der Waals surface area contributed by atoms with Crippen LogP contribution >= 0.6 is 0 Å². The van der Waals surface area contributed by atoms with Gasteiger partial charge < -0.3 is 15.8 Å². The lowest BCUT2D eigenvalue weighted by atomic mass is 9.96. The maximum atomic E-state index is 12.5. The van der Waals surface area contributed by atoms with E-state index in [1.807, 2.05) is 0 Å². The summed E-state index contributed by atoms with van der Waals surface area (Å²) in [5.41, 5.74) is 6.80. The molecule has 124 valence electrons. The Kier molecular flexibility index (Phi) is 3.08. The topological polar surface area (TPSA) is 135 Å². The van der Waals surface area contributed by atoms with Crippen LogP contribution in [0, 0.1) is 10.1 Å². The second kappa shape index (κ2) is 5.17. The van der Waals surface area contributed by atoms with Crippen molar-refractivity contribution in [3.8, 4) is 5.75 Å². The number of para-hydroxylation sites is 1. The van der Waals surface area contributed by atoms with E-state index in [4.69, 9.17) is 5.73 Å². The first-order valence-electron chi connectivity index (χ1n) is 7.43. The molecule has 4 N–H and O–H groups in total. The van der Waals surface area contributed by atoms with Crippen LogP contribution in [0.4, 0.5) is 5.69 Å². The van der Waals surface area contributed by atoms with E-state index in [2.05, 4.69) is 9.98 Å². The summed E-state index contributed by atoms with van der Waals surface area (Å²) in [5.74, 6) is -0.0808. The molecular formula is C17H12N4O4. The number of aromatic hydroxyl groups is 1. The molecule has 1 aliphatic rings. The Morgan fingerprint density at radius 2 is 2.00 bits per heavy atom. The van der Waals surface area contributed by atoms with Crippen molar-refractivity contribution in [3.05, 3.63) is 79.6 Å². The van der Waals surface area contributed by atoms with Crippen LogP contribution in [-0.4, -0.2) is 20.8 Å². The lowest BCUT2D eigenvalue weighted by Crippen LogP contribution is -2.16. The summed E-state index contributed by atoms with van der Waals surface area (Å²) in [5, 5.41) is 22.0. The molecule has 0 radical (unpaired) electrons. The van der Waals surface area contributed by atoms with Gasteiger partial charge in [0.25, 0.3) is 11.2 Å². The highest BCUT2D eigenvalue weighted by Crippen LogP contribution is 2.39. The number of aromatic nitrogens is 1. The number of hydrogen-bond acceptors (Lipinski definition) is 6. The number of non-ortho nitro benzene ring substituents is 1. The molecule has 0 bridgehead atoms. The summed E-state index contributed by atoms with van der Waals surface area (Å²) >= 11 is 0. The van der Waals surface area contributed by atoms with Crippen LogP contribution in [0.3, 0.4) is 0 Å². The van der Waals surface area contributed by atoms with E-state index in [0.717, 1.165) is 0 Å². The minimum atomic E-state index is -0.816. The summed E-state index contributed by atoms with van der Waals surface area (Å²) in [6, 6.07) is 10.2. The number of fused-ring (bicyclic) bond motifs is 2. The molecule has 1 aromatic heterocycles. The summed E-state index contributed by atoms with van der Waals surface area (Å²) in [7, 11) is 0. The van der Waals surface area contributed by atoms with Gasteiger partial charge in [0.2, 0.25) is 0 Å². The molecule has 1 atom stereocenters. The number of hydrogen-bond donors (Lipinski definition) is 3. The number of pyridine rings is 1. The number of H-pyrrole nitrogens is 1. The highest BCUT2D eigenvalue weighted by Gasteiger charge is 2.31. The molecule has 0 saturated heterocycles. The van der Waals surface area contributed by atoms with E-state index in [-0.39, 0.29) is 22.8 Å². The molecule has 1 aliphatic heterocycles. The summed E-state index contributed by atoms with van der Waals surface area (Å²) < 4.78 is 0. The summed E-state index contributed by atoms with van der Waals surface area (Å²) in [6.07, 6.45) is 0. The van der Waals surface area contributed by atoms with Crippen LogP contribution in [-0.2, 0) is 0 Å². The van der Waals surface area contributed by atoms with Crippen molar-refractivity contribution in [2.24, 2.45) is 10.7 Å². The lowest BCUT2D eigenvalue weighted by Gasteiger charge is -2.12. The monoisotopic (exact) mass is 336 g/mol. The second-order valence-corrected chi connectivity index (χ2v) is 5.71. The minimum absolute atomic E-state index is 0.0641. The van der Waals surface area contributed by atoms with Gasteiger partial charge in [0.15, 0.2) is 0 Å². The Balaban J connectivity index is 1.95. The largest absolute Gasteiger partial charge is 0.507 e. The Hall–Kier alpha value is -3.68. The molecule has 2 heterocycles. The number of amidine groups is 1. The number of aromatic amines is 1. The number of nitrogens with two attached hydrogens (primary N) is 1. The fraction of sp³-hybridized carbons (Fsp3) is 0.0588.